The summed E-state index contributed by atoms with van der Waals surface area (Å²) in [5.41, 5.74) is -0.918. The first-order chi connectivity index (χ1) is 17.3. The van der Waals surface area contributed by atoms with Crippen LogP contribution >= 0.6 is 0 Å². The van der Waals surface area contributed by atoms with Crippen molar-refractivity contribution in [2.75, 3.05) is 41.4 Å². The van der Waals surface area contributed by atoms with Crippen LogP contribution in [-0.4, -0.2) is 62.2 Å². The van der Waals surface area contributed by atoms with Crippen molar-refractivity contribution in [3.05, 3.63) is 69.1 Å². The first-order valence-electron chi connectivity index (χ1n) is 12.3. The van der Waals surface area contributed by atoms with Crippen molar-refractivity contribution in [3.8, 4) is 11.5 Å². The van der Waals surface area contributed by atoms with Gasteiger partial charge in [0.15, 0.2) is 11.5 Å². The number of methoxy groups -OCH3 is 2. The van der Waals surface area contributed by atoms with E-state index in [1.54, 1.807) is 30.3 Å². The second-order valence-electron chi connectivity index (χ2n) is 8.67. The van der Waals surface area contributed by atoms with Gasteiger partial charge in [0, 0.05) is 12.1 Å². The zero-order valence-electron chi connectivity index (χ0n) is 22.2. The minimum atomic E-state index is -2.02. The molecule has 3 aromatic rings. The van der Waals surface area contributed by atoms with Crippen LogP contribution in [0.1, 0.15) is 54.4 Å². The predicted octanol–water partition coefficient (Wildman–Crippen LogP) is 4.00. The van der Waals surface area contributed by atoms with Gasteiger partial charge in [-0.1, -0.05) is 26.8 Å². The molecule has 1 aliphatic heterocycles. The zero-order valence-corrected chi connectivity index (χ0v) is 22.2. The summed E-state index contributed by atoms with van der Waals surface area (Å²) in [5, 5.41) is 12.5. The summed E-state index contributed by atoms with van der Waals surface area (Å²) in [6.45, 7) is 6.92. The Morgan fingerprint density at radius 3 is 2.33 bits per heavy atom. The van der Waals surface area contributed by atoms with Crippen molar-refractivity contribution in [3.63, 3.8) is 0 Å². The highest BCUT2D eigenvalue weighted by molar-refractivity contribution is 5.99. The highest BCUT2D eigenvalue weighted by atomic mass is 16.5. The standard InChI is InChI=1S/C26H30N2O6.C2H6/c1-6-16-8-10-19-18(14-16)23(29)22-24(34-19)25(30)28(13-7-12-27(2)3)26(22,31)17-9-11-20(32-4)21(15-17)33-5;1-2/h8-11,14-15,31H,6-7,12-13H2,1-5H3;1-2H3. The van der Waals surface area contributed by atoms with Gasteiger partial charge in [0.05, 0.1) is 19.6 Å². The number of rotatable bonds is 8. The number of amides is 1. The van der Waals surface area contributed by atoms with Gasteiger partial charge in [0.25, 0.3) is 5.91 Å². The van der Waals surface area contributed by atoms with Crippen molar-refractivity contribution in [2.24, 2.45) is 0 Å². The highest BCUT2D eigenvalue weighted by Crippen LogP contribution is 2.44. The summed E-state index contributed by atoms with van der Waals surface area (Å²) in [4.78, 5) is 30.6. The summed E-state index contributed by atoms with van der Waals surface area (Å²) in [6, 6.07) is 10.2. The Bertz CT molecular complexity index is 1300. The molecule has 1 atom stereocenters. The van der Waals surface area contributed by atoms with Crippen LogP contribution in [0, 0.1) is 0 Å². The van der Waals surface area contributed by atoms with E-state index in [0.717, 1.165) is 12.0 Å². The molecular formula is C28H36N2O6. The van der Waals surface area contributed by atoms with Crippen LogP contribution in [0.15, 0.2) is 45.6 Å². The van der Waals surface area contributed by atoms with Crippen molar-refractivity contribution in [1.82, 2.24) is 9.80 Å². The first-order valence-corrected chi connectivity index (χ1v) is 12.3. The van der Waals surface area contributed by atoms with E-state index < -0.39 is 17.1 Å². The Kier molecular flexibility index (Phi) is 8.43. The number of carbonyl (C=O) groups excluding carboxylic acids is 1. The largest absolute Gasteiger partial charge is 0.493 e. The van der Waals surface area contributed by atoms with Crippen molar-refractivity contribution < 1.29 is 23.8 Å². The zero-order chi connectivity index (χ0) is 26.6. The van der Waals surface area contributed by atoms with Crippen molar-refractivity contribution in [1.29, 1.82) is 0 Å². The molecular weight excluding hydrogens is 460 g/mol. The van der Waals surface area contributed by atoms with Crippen LogP contribution in [-0.2, 0) is 12.1 Å². The molecule has 1 unspecified atom stereocenters. The van der Waals surface area contributed by atoms with Gasteiger partial charge in [-0.05, 0) is 69.4 Å². The van der Waals surface area contributed by atoms with E-state index in [4.69, 9.17) is 13.9 Å². The summed E-state index contributed by atoms with van der Waals surface area (Å²) in [5.74, 6) is 0.186. The maximum Gasteiger partial charge on any atom is 0.293 e. The molecule has 0 fully saturated rings. The second-order valence-corrected chi connectivity index (χ2v) is 8.67. The number of fused-ring (bicyclic) bond motifs is 2. The summed E-state index contributed by atoms with van der Waals surface area (Å²) in [6.07, 6.45) is 1.33. The minimum Gasteiger partial charge on any atom is -0.493 e. The summed E-state index contributed by atoms with van der Waals surface area (Å²) < 4.78 is 16.7. The van der Waals surface area contributed by atoms with E-state index >= 15 is 0 Å². The Morgan fingerprint density at radius 1 is 1.03 bits per heavy atom. The number of benzene rings is 2. The average Bonchev–Trinajstić information content (AvgIpc) is 3.11. The lowest BCUT2D eigenvalue weighted by molar-refractivity contribution is -0.0514. The van der Waals surface area contributed by atoms with E-state index in [0.29, 0.717) is 41.0 Å². The third-order valence-electron chi connectivity index (χ3n) is 6.31. The van der Waals surface area contributed by atoms with Gasteiger partial charge in [0.2, 0.25) is 16.9 Å². The topological polar surface area (TPSA) is 92.4 Å². The van der Waals surface area contributed by atoms with Gasteiger partial charge in [-0.25, -0.2) is 0 Å². The molecule has 8 nitrogen and oxygen atoms in total. The Morgan fingerprint density at radius 2 is 1.72 bits per heavy atom. The van der Waals surface area contributed by atoms with E-state index in [2.05, 4.69) is 0 Å². The fourth-order valence-corrected chi connectivity index (χ4v) is 4.50. The maximum absolute atomic E-state index is 13.8. The van der Waals surface area contributed by atoms with Gasteiger partial charge >= 0.3 is 0 Å². The monoisotopic (exact) mass is 496 g/mol. The average molecular weight is 497 g/mol. The number of carbonyl (C=O) groups is 1. The molecule has 0 bridgehead atoms. The van der Waals surface area contributed by atoms with Crippen LogP contribution in [0.5, 0.6) is 11.5 Å². The number of hydrogen-bond donors (Lipinski definition) is 1. The van der Waals surface area contributed by atoms with Gasteiger partial charge in [-0.2, -0.15) is 0 Å². The molecule has 4 rings (SSSR count). The molecule has 0 aliphatic carbocycles. The smallest absolute Gasteiger partial charge is 0.293 e. The first kappa shape index (κ1) is 27.2. The molecule has 194 valence electrons. The van der Waals surface area contributed by atoms with Crippen LogP contribution in [0.25, 0.3) is 11.0 Å². The lowest BCUT2D eigenvalue weighted by Gasteiger charge is -2.34. The van der Waals surface area contributed by atoms with Crippen LogP contribution in [0.3, 0.4) is 0 Å². The van der Waals surface area contributed by atoms with E-state index in [9.17, 15) is 14.7 Å². The number of ether oxygens (including phenoxy) is 2. The molecule has 0 radical (unpaired) electrons. The molecule has 0 saturated carbocycles. The lowest BCUT2D eigenvalue weighted by Crippen LogP contribution is -2.47. The number of aryl methyl sites for hydroxylation is 1. The minimum absolute atomic E-state index is 0.0738. The molecule has 1 N–H and O–H groups in total. The third-order valence-corrected chi connectivity index (χ3v) is 6.31. The van der Waals surface area contributed by atoms with Gasteiger partial charge in [-0.15, -0.1) is 0 Å². The normalized spacial score (nSPS) is 16.7. The van der Waals surface area contributed by atoms with Gasteiger partial charge in [0.1, 0.15) is 11.1 Å². The van der Waals surface area contributed by atoms with Crippen molar-refractivity contribution >= 4 is 16.9 Å². The Labute approximate surface area is 212 Å². The molecule has 8 heteroatoms. The quantitative estimate of drug-likeness (QED) is 0.504. The van der Waals surface area contributed by atoms with Gasteiger partial charge in [-0.3, -0.25) is 14.5 Å². The summed E-state index contributed by atoms with van der Waals surface area (Å²) >= 11 is 0. The molecule has 2 heterocycles. The molecule has 0 spiro atoms. The fourth-order valence-electron chi connectivity index (χ4n) is 4.50. The lowest BCUT2D eigenvalue weighted by atomic mass is 9.93. The van der Waals surface area contributed by atoms with Crippen LogP contribution in [0.2, 0.25) is 0 Å². The Hall–Kier alpha value is -3.36. The second kappa shape index (κ2) is 11.1. The number of nitrogens with zero attached hydrogens (tertiary/aromatic N) is 2. The SMILES string of the molecule is CC.CCc1ccc2oc3c(c(=O)c2c1)C(O)(c1ccc(OC)c(OC)c1)N(CCCN(C)C)C3=O. The molecule has 1 aromatic heterocycles. The molecule has 1 aliphatic rings. The summed E-state index contributed by atoms with van der Waals surface area (Å²) in [7, 11) is 6.87. The van der Waals surface area contributed by atoms with E-state index in [1.807, 2.05) is 45.8 Å². The molecule has 2 aromatic carbocycles. The van der Waals surface area contributed by atoms with E-state index in [-0.39, 0.29) is 17.9 Å². The third kappa shape index (κ3) is 4.58. The Balaban J connectivity index is 0.00000176. The maximum atomic E-state index is 13.8. The highest BCUT2D eigenvalue weighted by Gasteiger charge is 2.54. The molecule has 0 saturated heterocycles. The van der Waals surface area contributed by atoms with Crippen molar-refractivity contribution in [2.45, 2.75) is 39.3 Å². The van der Waals surface area contributed by atoms with Crippen LogP contribution in [0.4, 0.5) is 0 Å². The predicted molar refractivity (Wildman–Crippen MR) is 140 cm³/mol. The van der Waals surface area contributed by atoms with Gasteiger partial charge < -0.3 is 23.9 Å². The molecule has 1 amide bonds. The van der Waals surface area contributed by atoms with E-state index in [1.165, 1.54) is 19.1 Å². The fraction of sp³-hybridized carbons (Fsp3) is 0.429. The number of aliphatic hydroxyl groups is 1. The molecule has 36 heavy (non-hydrogen) atoms. The van der Waals surface area contributed by atoms with Crippen LogP contribution < -0.4 is 14.9 Å². The number of hydrogen-bond acceptors (Lipinski definition) is 7.